The molecule has 1 unspecified atom stereocenters. The quantitative estimate of drug-likeness (QED) is 0.817. The first-order chi connectivity index (χ1) is 8.24. The van der Waals surface area contributed by atoms with E-state index in [0.29, 0.717) is 0 Å². The molecule has 1 nitrogen and oxygen atoms in total. The summed E-state index contributed by atoms with van der Waals surface area (Å²) in [6.07, 6.45) is 8.26. The van der Waals surface area contributed by atoms with E-state index in [4.69, 9.17) is 0 Å². The Hall–Kier alpha value is -0.820. The third-order valence-electron chi connectivity index (χ3n) is 3.97. The molecule has 94 valence electrons. The summed E-state index contributed by atoms with van der Waals surface area (Å²) in [5.74, 6) is 0.794. The van der Waals surface area contributed by atoms with Crippen LogP contribution >= 0.6 is 0 Å². The molecule has 0 aliphatic heterocycles. The molecule has 2 rings (SSSR count). The van der Waals surface area contributed by atoms with Gasteiger partial charge in [0.05, 0.1) is 6.10 Å². The zero-order valence-electron chi connectivity index (χ0n) is 10.9. The highest BCUT2D eigenvalue weighted by Crippen LogP contribution is 2.29. The minimum Gasteiger partial charge on any atom is -0.393 e. The zero-order valence-corrected chi connectivity index (χ0v) is 10.9. The highest BCUT2D eigenvalue weighted by atomic mass is 16.3. The van der Waals surface area contributed by atoms with Crippen LogP contribution < -0.4 is 0 Å². The lowest BCUT2D eigenvalue weighted by Crippen LogP contribution is -2.12. The Morgan fingerprint density at radius 3 is 2.47 bits per heavy atom. The van der Waals surface area contributed by atoms with Crippen LogP contribution in [0.5, 0.6) is 0 Å². The van der Waals surface area contributed by atoms with Crippen molar-refractivity contribution in [1.82, 2.24) is 0 Å². The van der Waals surface area contributed by atoms with Gasteiger partial charge in [-0.1, -0.05) is 55.5 Å². The topological polar surface area (TPSA) is 20.2 Å². The maximum absolute atomic E-state index is 10.0. The number of hydrogen-bond donors (Lipinski definition) is 1. The summed E-state index contributed by atoms with van der Waals surface area (Å²) < 4.78 is 0. The fourth-order valence-electron chi connectivity index (χ4n) is 2.84. The van der Waals surface area contributed by atoms with Crippen molar-refractivity contribution in [1.29, 1.82) is 0 Å². The molecule has 0 aromatic heterocycles. The molecule has 17 heavy (non-hydrogen) atoms. The summed E-state index contributed by atoms with van der Waals surface area (Å²) in [6, 6.07) is 8.66. The van der Waals surface area contributed by atoms with Gasteiger partial charge in [-0.25, -0.2) is 0 Å². The molecule has 0 amide bonds. The van der Waals surface area contributed by atoms with Gasteiger partial charge in [-0.05, 0) is 37.7 Å². The second-order valence-corrected chi connectivity index (χ2v) is 5.56. The van der Waals surface area contributed by atoms with Crippen LogP contribution in [0.3, 0.4) is 0 Å². The summed E-state index contributed by atoms with van der Waals surface area (Å²) in [7, 11) is 0. The van der Waals surface area contributed by atoms with Crippen LogP contribution in [0.15, 0.2) is 24.3 Å². The maximum atomic E-state index is 10.0. The molecular weight excluding hydrogens is 208 g/mol. The van der Waals surface area contributed by atoms with Gasteiger partial charge in [-0.15, -0.1) is 0 Å². The lowest BCUT2D eigenvalue weighted by molar-refractivity contribution is 0.134. The summed E-state index contributed by atoms with van der Waals surface area (Å²) in [4.78, 5) is 0. The van der Waals surface area contributed by atoms with Crippen LogP contribution in [0.25, 0.3) is 0 Å². The molecule has 1 aliphatic carbocycles. The lowest BCUT2D eigenvalue weighted by atomic mass is 9.96. The molecule has 0 saturated heterocycles. The maximum Gasteiger partial charge on any atom is 0.0546 e. The molecule has 1 atom stereocenters. The van der Waals surface area contributed by atoms with E-state index in [1.165, 1.54) is 36.8 Å². The monoisotopic (exact) mass is 232 g/mol. The first-order valence-corrected chi connectivity index (χ1v) is 6.97. The zero-order chi connectivity index (χ0) is 12.1. The van der Waals surface area contributed by atoms with E-state index in [1.807, 2.05) is 0 Å². The third kappa shape index (κ3) is 4.16. The van der Waals surface area contributed by atoms with Gasteiger partial charge >= 0.3 is 0 Å². The van der Waals surface area contributed by atoms with Gasteiger partial charge in [0.2, 0.25) is 0 Å². The van der Waals surface area contributed by atoms with E-state index >= 15 is 0 Å². The van der Waals surface area contributed by atoms with Crippen LogP contribution in [0.4, 0.5) is 0 Å². The predicted molar refractivity (Wildman–Crippen MR) is 72.1 cm³/mol. The summed E-state index contributed by atoms with van der Waals surface area (Å²) in [5, 5.41) is 10.0. The van der Waals surface area contributed by atoms with E-state index in [0.717, 1.165) is 25.2 Å². The van der Waals surface area contributed by atoms with Gasteiger partial charge in [0.15, 0.2) is 0 Å². The van der Waals surface area contributed by atoms with Crippen molar-refractivity contribution < 1.29 is 5.11 Å². The minimum atomic E-state index is -0.0978. The molecule has 0 bridgehead atoms. The number of benzene rings is 1. The molecule has 1 aromatic rings. The Balaban J connectivity index is 1.71. The molecule has 1 N–H and O–H groups in total. The van der Waals surface area contributed by atoms with Crippen molar-refractivity contribution in [2.45, 2.75) is 58.0 Å². The molecule has 0 radical (unpaired) electrons. The van der Waals surface area contributed by atoms with E-state index in [-0.39, 0.29) is 6.10 Å². The predicted octanol–water partition coefficient (Wildman–Crippen LogP) is 3.87. The summed E-state index contributed by atoms with van der Waals surface area (Å²) in [5.41, 5.74) is 2.65. The number of aliphatic hydroxyl groups excluding tert-OH is 1. The molecule has 0 heterocycles. The molecule has 1 heteroatoms. The standard InChI is InChI=1S/C16H24O/c1-13-6-8-14(9-7-13)10-11-16(17)12-15-4-2-3-5-15/h6-9,15-17H,2-5,10-12H2,1H3. The Kier molecular flexibility index (Phi) is 4.61. The van der Waals surface area contributed by atoms with Crippen LogP contribution in [0.2, 0.25) is 0 Å². The first-order valence-electron chi connectivity index (χ1n) is 6.97. The Morgan fingerprint density at radius 1 is 1.18 bits per heavy atom. The largest absolute Gasteiger partial charge is 0.393 e. The van der Waals surface area contributed by atoms with Crippen LogP contribution in [0, 0.1) is 12.8 Å². The summed E-state index contributed by atoms with van der Waals surface area (Å²) in [6.45, 7) is 2.11. The van der Waals surface area contributed by atoms with E-state index < -0.39 is 0 Å². The highest BCUT2D eigenvalue weighted by Gasteiger charge is 2.18. The van der Waals surface area contributed by atoms with E-state index in [2.05, 4.69) is 31.2 Å². The van der Waals surface area contributed by atoms with Crippen LogP contribution in [-0.4, -0.2) is 11.2 Å². The second-order valence-electron chi connectivity index (χ2n) is 5.56. The van der Waals surface area contributed by atoms with Crippen molar-refractivity contribution in [2.75, 3.05) is 0 Å². The number of aryl methyl sites for hydroxylation is 2. The van der Waals surface area contributed by atoms with Gasteiger partial charge in [0.1, 0.15) is 0 Å². The number of aliphatic hydroxyl groups is 1. The first kappa shape index (κ1) is 12.6. The normalized spacial score (nSPS) is 18.5. The van der Waals surface area contributed by atoms with Crippen LogP contribution in [0.1, 0.15) is 49.7 Å². The van der Waals surface area contributed by atoms with Crippen molar-refractivity contribution in [2.24, 2.45) is 5.92 Å². The van der Waals surface area contributed by atoms with Crippen molar-refractivity contribution >= 4 is 0 Å². The molecule has 1 fully saturated rings. The molecule has 1 saturated carbocycles. The molecule has 0 spiro atoms. The van der Waals surface area contributed by atoms with Gasteiger partial charge in [-0.2, -0.15) is 0 Å². The number of hydrogen-bond acceptors (Lipinski definition) is 1. The average Bonchev–Trinajstić information content (AvgIpc) is 2.81. The van der Waals surface area contributed by atoms with Crippen molar-refractivity contribution in [3.63, 3.8) is 0 Å². The van der Waals surface area contributed by atoms with Gasteiger partial charge < -0.3 is 5.11 Å². The Labute approximate surface area is 105 Å². The van der Waals surface area contributed by atoms with E-state index in [1.54, 1.807) is 0 Å². The lowest BCUT2D eigenvalue weighted by Gasteiger charge is -2.15. The molecular formula is C16H24O. The smallest absolute Gasteiger partial charge is 0.0546 e. The third-order valence-corrected chi connectivity index (χ3v) is 3.97. The number of rotatable bonds is 5. The molecule has 1 aliphatic rings. The summed E-state index contributed by atoms with van der Waals surface area (Å²) >= 11 is 0. The fraction of sp³-hybridized carbons (Fsp3) is 0.625. The Morgan fingerprint density at radius 2 is 1.82 bits per heavy atom. The van der Waals surface area contributed by atoms with Crippen molar-refractivity contribution in [3.05, 3.63) is 35.4 Å². The second kappa shape index (κ2) is 6.20. The van der Waals surface area contributed by atoms with Crippen LogP contribution in [-0.2, 0) is 6.42 Å². The molecule has 1 aromatic carbocycles. The minimum absolute atomic E-state index is 0.0978. The highest BCUT2D eigenvalue weighted by molar-refractivity contribution is 5.21. The van der Waals surface area contributed by atoms with Crippen molar-refractivity contribution in [3.8, 4) is 0 Å². The Bertz CT molecular complexity index is 322. The van der Waals surface area contributed by atoms with Gasteiger partial charge in [0, 0.05) is 0 Å². The van der Waals surface area contributed by atoms with Gasteiger partial charge in [0.25, 0.3) is 0 Å². The SMILES string of the molecule is Cc1ccc(CCC(O)CC2CCCC2)cc1. The van der Waals surface area contributed by atoms with Gasteiger partial charge in [-0.3, -0.25) is 0 Å². The average molecular weight is 232 g/mol. The fourth-order valence-corrected chi connectivity index (χ4v) is 2.84. The van der Waals surface area contributed by atoms with E-state index in [9.17, 15) is 5.11 Å².